The van der Waals surface area contributed by atoms with Crippen LogP contribution in [0, 0.1) is 5.82 Å². The average Bonchev–Trinajstić information content (AvgIpc) is 2.89. The Morgan fingerprint density at radius 1 is 1.25 bits per heavy atom. The van der Waals surface area contributed by atoms with Gasteiger partial charge in [-0.3, -0.25) is 0 Å². The van der Waals surface area contributed by atoms with Gasteiger partial charge < -0.3 is 9.73 Å². The van der Waals surface area contributed by atoms with Gasteiger partial charge in [0.05, 0.1) is 6.04 Å². The SMILES string of the molecule is CCCNC(CC)c1ccc(-c2ccc(F)cc2Br)o1. The van der Waals surface area contributed by atoms with E-state index in [1.165, 1.54) is 12.1 Å². The fraction of sp³-hybridized carbons (Fsp3) is 0.375. The second kappa shape index (κ2) is 7.04. The number of furan rings is 1. The molecule has 2 aromatic rings. The normalized spacial score (nSPS) is 12.6. The lowest BCUT2D eigenvalue weighted by atomic mass is 10.1. The molecule has 1 heterocycles. The third-order valence-electron chi connectivity index (χ3n) is 3.22. The molecule has 2 rings (SSSR count). The van der Waals surface area contributed by atoms with Gasteiger partial charge in [0.25, 0.3) is 0 Å². The van der Waals surface area contributed by atoms with Crippen molar-refractivity contribution in [1.29, 1.82) is 0 Å². The molecule has 0 amide bonds. The van der Waals surface area contributed by atoms with Crippen molar-refractivity contribution in [2.45, 2.75) is 32.7 Å². The molecule has 0 radical (unpaired) electrons. The Balaban J connectivity index is 2.23. The molecular weight excluding hydrogens is 321 g/mol. The number of hydrogen-bond donors (Lipinski definition) is 1. The Morgan fingerprint density at radius 3 is 2.70 bits per heavy atom. The average molecular weight is 340 g/mol. The standard InChI is InChI=1S/C16H19BrFNO/c1-3-9-19-14(4-2)16-8-7-15(20-16)12-6-5-11(18)10-13(12)17/h5-8,10,14,19H,3-4,9H2,1-2H3. The van der Waals surface area contributed by atoms with Gasteiger partial charge in [-0.2, -0.15) is 0 Å². The van der Waals surface area contributed by atoms with Crippen LogP contribution in [0.1, 0.15) is 38.5 Å². The third-order valence-corrected chi connectivity index (χ3v) is 3.87. The van der Waals surface area contributed by atoms with Crippen molar-refractivity contribution >= 4 is 15.9 Å². The van der Waals surface area contributed by atoms with Gasteiger partial charge >= 0.3 is 0 Å². The molecule has 0 saturated heterocycles. The van der Waals surface area contributed by atoms with Gasteiger partial charge in [-0.05, 0) is 65.6 Å². The van der Waals surface area contributed by atoms with Gasteiger partial charge in [0.1, 0.15) is 17.3 Å². The van der Waals surface area contributed by atoms with Crippen molar-refractivity contribution in [3.8, 4) is 11.3 Å². The van der Waals surface area contributed by atoms with Crippen molar-refractivity contribution in [3.63, 3.8) is 0 Å². The predicted octanol–water partition coefficient (Wildman–Crippen LogP) is 5.30. The molecule has 0 aliphatic carbocycles. The molecule has 1 aromatic carbocycles. The van der Waals surface area contributed by atoms with Crippen LogP contribution in [-0.2, 0) is 0 Å². The number of rotatable bonds is 6. The number of benzene rings is 1. The summed E-state index contributed by atoms with van der Waals surface area (Å²) in [6, 6.07) is 8.76. The van der Waals surface area contributed by atoms with E-state index in [-0.39, 0.29) is 11.9 Å². The largest absolute Gasteiger partial charge is 0.459 e. The maximum absolute atomic E-state index is 13.1. The second-order valence-corrected chi connectivity index (χ2v) is 5.60. The molecule has 1 unspecified atom stereocenters. The molecule has 0 bridgehead atoms. The van der Waals surface area contributed by atoms with Gasteiger partial charge in [-0.15, -0.1) is 0 Å². The number of nitrogens with one attached hydrogen (secondary N) is 1. The van der Waals surface area contributed by atoms with Gasteiger partial charge in [0.15, 0.2) is 0 Å². The summed E-state index contributed by atoms with van der Waals surface area (Å²) in [4.78, 5) is 0. The molecule has 1 aromatic heterocycles. The first-order chi connectivity index (χ1) is 9.65. The highest BCUT2D eigenvalue weighted by molar-refractivity contribution is 9.10. The van der Waals surface area contributed by atoms with Crippen molar-refractivity contribution in [2.24, 2.45) is 0 Å². The second-order valence-electron chi connectivity index (χ2n) is 4.74. The first kappa shape index (κ1) is 15.3. The van der Waals surface area contributed by atoms with E-state index in [2.05, 4.69) is 35.1 Å². The van der Waals surface area contributed by atoms with Crippen LogP contribution in [-0.4, -0.2) is 6.54 Å². The van der Waals surface area contributed by atoms with Crippen molar-refractivity contribution in [2.75, 3.05) is 6.54 Å². The Kier molecular flexibility index (Phi) is 5.38. The minimum atomic E-state index is -0.261. The van der Waals surface area contributed by atoms with Crippen LogP contribution in [0.3, 0.4) is 0 Å². The monoisotopic (exact) mass is 339 g/mol. The van der Waals surface area contributed by atoms with E-state index in [1.807, 2.05) is 12.1 Å². The van der Waals surface area contributed by atoms with Gasteiger partial charge in [0.2, 0.25) is 0 Å². The van der Waals surface area contributed by atoms with Crippen LogP contribution < -0.4 is 5.32 Å². The molecule has 0 fully saturated rings. The summed E-state index contributed by atoms with van der Waals surface area (Å²) >= 11 is 3.37. The minimum Gasteiger partial charge on any atom is -0.459 e. The topological polar surface area (TPSA) is 25.2 Å². The molecule has 0 spiro atoms. The molecule has 0 aliphatic rings. The van der Waals surface area contributed by atoms with Gasteiger partial charge in [-0.1, -0.05) is 13.8 Å². The molecule has 108 valence electrons. The quantitative estimate of drug-likeness (QED) is 0.772. The third kappa shape index (κ3) is 3.49. The zero-order valence-corrected chi connectivity index (χ0v) is 13.3. The van der Waals surface area contributed by atoms with Crippen LogP contribution >= 0.6 is 15.9 Å². The molecule has 1 atom stereocenters. The minimum absolute atomic E-state index is 0.225. The smallest absolute Gasteiger partial charge is 0.135 e. The van der Waals surface area contributed by atoms with E-state index in [0.29, 0.717) is 4.47 Å². The van der Waals surface area contributed by atoms with E-state index >= 15 is 0 Å². The summed E-state index contributed by atoms with van der Waals surface area (Å²) in [7, 11) is 0. The summed E-state index contributed by atoms with van der Waals surface area (Å²) in [5, 5.41) is 3.46. The zero-order valence-electron chi connectivity index (χ0n) is 11.7. The fourth-order valence-corrected chi connectivity index (χ4v) is 2.69. The van der Waals surface area contributed by atoms with E-state index < -0.39 is 0 Å². The lowest BCUT2D eigenvalue weighted by Crippen LogP contribution is -2.20. The molecule has 0 saturated carbocycles. The van der Waals surface area contributed by atoms with E-state index in [9.17, 15) is 4.39 Å². The van der Waals surface area contributed by atoms with E-state index in [1.54, 1.807) is 6.07 Å². The Labute approximate surface area is 127 Å². The number of halogens is 2. The first-order valence-corrected chi connectivity index (χ1v) is 7.73. The molecular formula is C16H19BrFNO. The Hall–Kier alpha value is -1.13. The summed E-state index contributed by atoms with van der Waals surface area (Å²) in [6.45, 7) is 5.24. The highest BCUT2D eigenvalue weighted by Gasteiger charge is 2.15. The highest BCUT2D eigenvalue weighted by atomic mass is 79.9. The summed E-state index contributed by atoms with van der Waals surface area (Å²) in [6.07, 6.45) is 2.06. The van der Waals surface area contributed by atoms with Crippen molar-refractivity contribution in [1.82, 2.24) is 5.32 Å². The van der Waals surface area contributed by atoms with Crippen LogP contribution in [0.25, 0.3) is 11.3 Å². The lowest BCUT2D eigenvalue weighted by Gasteiger charge is -2.13. The highest BCUT2D eigenvalue weighted by Crippen LogP contribution is 2.32. The molecule has 2 nitrogen and oxygen atoms in total. The maximum atomic E-state index is 13.1. The summed E-state index contributed by atoms with van der Waals surface area (Å²) < 4.78 is 19.7. The first-order valence-electron chi connectivity index (χ1n) is 6.94. The Morgan fingerprint density at radius 2 is 2.05 bits per heavy atom. The van der Waals surface area contributed by atoms with Gasteiger partial charge in [-0.25, -0.2) is 4.39 Å². The van der Waals surface area contributed by atoms with E-state index in [0.717, 1.165) is 36.5 Å². The molecule has 0 aliphatic heterocycles. The Bertz CT molecular complexity index is 567. The van der Waals surface area contributed by atoms with Crippen molar-refractivity contribution < 1.29 is 8.81 Å². The predicted molar refractivity (Wildman–Crippen MR) is 83.1 cm³/mol. The lowest BCUT2D eigenvalue weighted by molar-refractivity contribution is 0.411. The van der Waals surface area contributed by atoms with Crippen LogP contribution in [0.2, 0.25) is 0 Å². The zero-order chi connectivity index (χ0) is 14.5. The van der Waals surface area contributed by atoms with Crippen LogP contribution in [0.15, 0.2) is 39.2 Å². The molecule has 4 heteroatoms. The fourth-order valence-electron chi connectivity index (χ4n) is 2.14. The molecule has 20 heavy (non-hydrogen) atoms. The van der Waals surface area contributed by atoms with E-state index in [4.69, 9.17) is 4.42 Å². The summed E-state index contributed by atoms with van der Waals surface area (Å²) in [5.74, 6) is 1.42. The molecule has 1 N–H and O–H groups in total. The summed E-state index contributed by atoms with van der Waals surface area (Å²) in [5.41, 5.74) is 0.864. The van der Waals surface area contributed by atoms with Crippen LogP contribution in [0.4, 0.5) is 4.39 Å². The number of hydrogen-bond acceptors (Lipinski definition) is 2. The maximum Gasteiger partial charge on any atom is 0.135 e. The van der Waals surface area contributed by atoms with Crippen LogP contribution in [0.5, 0.6) is 0 Å². The van der Waals surface area contributed by atoms with Crippen molar-refractivity contribution in [3.05, 3.63) is 46.4 Å². The van der Waals surface area contributed by atoms with Gasteiger partial charge in [0, 0.05) is 10.0 Å².